The van der Waals surface area contributed by atoms with Crippen molar-refractivity contribution in [1.82, 2.24) is 15.5 Å². The standard InChI is InChI=1S/C61H71F6N9O4S2/c1-6-79-56(77)52-42(3)75(50-20-16-18-48(38-50)60(62,63)64)58(72-54(52)46-26-22-44(40-68)23-27-46)81-36-14-10-8-12-30-70-32-34-74(5)35-33-71-31-13-9-11-15-37-82-59-73-55(47-28-24-45(41-69)25-29-47)53(57(78)80-7-2)43(4)76(59)51-21-17-19-49(39-51)61(65,66)67/h16-29,38-39,54-55,70-71H,6-15,30-37H2,1-5H3. The lowest BCUT2D eigenvalue weighted by Crippen LogP contribution is -2.35. The van der Waals surface area contributed by atoms with E-state index < -0.39 is 47.5 Å². The highest BCUT2D eigenvalue weighted by Gasteiger charge is 2.39. The van der Waals surface area contributed by atoms with Crippen molar-refractivity contribution in [2.45, 2.75) is 103 Å². The summed E-state index contributed by atoms with van der Waals surface area (Å²) < 4.78 is 94.4. The summed E-state index contributed by atoms with van der Waals surface area (Å²) in [7, 11) is 2.09. The molecule has 2 unspecified atom stereocenters. The summed E-state index contributed by atoms with van der Waals surface area (Å²) in [5.74, 6) is 0.0711. The summed E-state index contributed by atoms with van der Waals surface area (Å²) >= 11 is 2.86. The van der Waals surface area contributed by atoms with Crippen molar-refractivity contribution in [1.29, 1.82) is 10.5 Å². The van der Waals surface area contributed by atoms with Gasteiger partial charge in [0.15, 0.2) is 10.3 Å². The van der Waals surface area contributed by atoms with Crippen LogP contribution in [0.5, 0.6) is 0 Å². The van der Waals surface area contributed by atoms with Crippen molar-refractivity contribution >= 4 is 57.2 Å². The van der Waals surface area contributed by atoms with Crippen LogP contribution in [0.3, 0.4) is 0 Å². The van der Waals surface area contributed by atoms with Gasteiger partial charge in [-0.15, -0.1) is 0 Å². The van der Waals surface area contributed by atoms with Crippen LogP contribution in [0.4, 0.5) is 37.7 Å². The molecule has 0 aliphatic carbocycles. The summed E-state index contributed by atoms with van der Waals surface area (Å²) in [6.07, 6.45) is -1.62. The highest BCUT2D eigenvalue weighted by molar-refractivity contribution is 8.14. The molecule has 4 aromatic rings. The number of amidine groups is 2. The number of ether oxygens (including phenoxy) is 2. The molecular formula is C61H71F6N9O4S2. The first-order valence-corrected chi connectivity index (χ1v) is 29.6. The molecule has 2 heterocycles. The normalized spacial score (nSPS) is 15.8. The van der Waals surface area contributed by atoms with Crippen LogP contribution in [0.25, 0.3) is 0 Å². The Bertz CT molecular complexity index is 2790. The van der Waals surface area contributed by atoms with Crippen LogP contribution in [0.2, 0.25) is 0 Å². The van der Waals surface area contributed by atoms with Crippen molar-refractivity contribution in [3.8, 4) is 12.1 Å². The summed E-state index contributed by atoms with van der Waals surface area (Å²) in [6, 6.07) is 26.1. The van der Waals surface area contributed by atoms with Gasteiger partial charge in [0.25, 0.3) is 0 Å². The van der Waals surface area contributed by atoms with E-state index in [9.17, 15) is 46.5 Å². The number of aliphatic imine (C=N–C) groups is 2. The Labute approximate surface area is 485 Å². The zero-order chi connectivity index (χ0) is 59.2. The van der Waals surface area contributed by atoms with E-state index in [1.54, 1.807) is 98.2 Å². The number of carbonyl (C=O) groups excluding carboxylic acids is 2. The van der Waals surface area contributed by atoms with Crippen LogP contribution in [-0.4, -0.2) is 98.2 Å². The van der Waals surface area contributed by atoms with Gasteiger partial charge in [0, 0.05) is 60.5 Å². The molecule has 0 radical (unpaired) electrons. The molecule has 0 amide bonds. The Morgan fingerprint density at radius 1 is 0.585 bits per heavy atom. The Kier molecular flexibility index (Phi) is 25.0. The second-order valence-corrected chi connectivity index (χ2v) is 21.8. The third-order valence-corrected chi connectivity index (χ3v) is 15.8. The van der Waals surface area contributed by atoms with Crippen LogP contribution < -0.4 is 20.4 Å². The number of nitrogens with one attached hydrogen (secondary N) is 2. The zero-order valence-corrected chi connectivity index (χ0v) is 48.6. The quantitative estimate of drug-likeness (QED) is 0.0315. The second kappa shape index (κ2) is 31.7. The predicted octanol–water partition coefficient (Wildman–Crippen LogP) is 13.4. The minimum absolute atomic E-state index is 0.0992. The molecule has 2 atom stereocenters. The molecule has 21 heteroatoms. The molecule has 438 valence electrons. The smallest absolute Gasteiger partial charge is 0.416 e. The maximum absolute atomic E-state index is 13.9. The van der Waals surface area contributed by atoms with E-state index >= 15 is 0 Å². The number of thioether (sulfide) groups is 2. The lowest BCUT2D eigenvalue weighted by atomic mass is 9.95. The van der Waals surface area contributed by atoms with E-state index in [1.807, 2.05) is 0 Å². The Morgan fingerprint density at radius 2 is 0.963 bits per heavy atom. The van der Waals surface area contributed by atoms with Gasteiger partial charge in [-0.2, -0.15) is 36.9 Å². The fourth-order valence-corrected chi connectivity index (χ4v) is 11.5. The third kappa shape index (κ3) is 18.2. The molecule has 82 heavy (non-hydrogen) atoms. The lowest BCUT2D eigenvalue weighted by Gasteiger charge is -2.35. The number of likely N-dealkylation sites (N-methyl/N-ethyl adjacent to an activating group) is 1. The average molecular weight is 1170 g/mol. The Balaban J connectivity index is 0.892. The highest BCUT2D eigenvalue weighted by atomic mass is 32.2. The van der Waals surface area contributed by atoms with E-state index in [0.717, 1.165) is 115 Å². The molecular weight excluding hydrogens is 1100 g/mol. The van der Waals surface area contributed by atoms with Gasteiger partial charge in [0.1, 0.15) is 12.1 Å². The topological polar surface area (TPSA) is 159 Å². The van der Waals surface area contributed by atoms with Crippen LogP contribution in [0, 0.1) is 22.7 Å². The number of alkyl halides is 6. The first-order valence-electron chi connectivity index (χ1n) is 27.6. The van der Waals surface area contributed by atoms with Crippen molar-refractivity contribution in [3.05, 3.63) is 153 Å². The van der Waals surface area contributed by atoms with E-state index in [2.05, 4.69) is 34.7 Å². The molecule has 0 spiro atoms. The number of hydrogen-bond donors (Lipinski definition) is 2. The molecule has 2 N–H and O–H groups in total. The maximum atomic E-state index is 13.9. The first-order chi connectivity index (χ1) is 39.4. The Morgan fingerprint density at radius 3 is 1.32 bits per heavy atom. The van der Waals surface area contributed by atoms with Gasteiger partial charge >= 0.3 is 24.3 Å². The number of allylic oxidation sites excluding steroid dienone is 2. The van der Waals surface area contributed by atoms with Gasteiger partial charge in [-0.25, -0.2) is 19.6 Å². The predicted molar refractivity (Wildman–Crippen MR) is 314 cm³/mol. The number of anilines is 2. The number of carbonyl (C=O) groups is 2. The van der Waals surface area contributed by atoms with Gasteiger partial charge < -0.3 is 25.0 Å². The number of unbranched alkanes of at least 4 members (excludes halogenated alkanes) is 6. The number of rotatable bonds is 28. The molecule has 0 saturated carbocycles. The molecule has 13 nitrogen and oxygen atoms in total. The number of esters is 2. The molecule has 0 aromatic heterocycles. The fraction of sp³-hybridized carbons (Fsp3) is 0.443. The fourth-order valence-electron chi connectivity index (χ4n) is 9.38. The highest BCUT2D eigenvalue weighted by Crippen LogP contribution is 2.43. The third-order valence-electron chi connectivity index (χ3n) is 13.7. The molecule has 0 bridgehead atoms. The molecule has 4 aromatic carbocycles. The number of benzene rings is 4. The summed E-state index contributed by atoms with van der Waals surface area (Å²) in [4.78, 5) is 42.4. The van der Waals surface area contributed by atoms with Gasteiger partial charge in [-0.05, 0) is 145 Å². The minimum Gasteiger partial charge on any atom is -0.463 e. The molecule has 2 aliphatic rings. The summed E-state index contributed by atoms with van der Waals surface area (Å²) in [6.45, 7) is 12.2. The SMILES string of the molecule is CCOC(=O)C1=C(C)N(c2cccc(C(F)(F)F)c2)C(SCCCCCCNCCN(C)CCNCCCCCCSC2=NC(c3ccc(C#N)cc3)C(C(=O)OCC)=C(C)N2c2cccc(C(F)(F)F)c2)=NC1c1ccc(C#N)cc1. The van der Waals surface area contributed by atoms with Crippen LogP contribution in [-0.2, 0) is 31.4 Å². The first kappa shape index (κ1) is 64.5. The number of hydrogen-bond acceptors (Lipinski definition) is 15. The van der Waals surface area contributed by atoms with E-state index in [1.165, 1.54) is 35.7 Å². The van der Waals surface area contributed by atoms with Crippen LogP contribution >= 0.6 is 23.5 Å². The second-order valence-electron chi connectivity index (χ2n) is 19.6. The zero-order valence-electron chi connectivity index (χ0n) is 47.0. The van der Waals surface area contributed by atoms with Crippen molar-refractivity contribution in [2.75, 3.05) is 80.8 Å². The molecule has 6 rings (SSSR count). The van der Waals surface area contributed by atoms with Crippen molar-refractivity contribution in [3.63, 3.8) is 0 Å². The average Bonchev–Trinajstić information content (AvgIpc) is 2.86. The van der Waals surface area contributed by atoms with E-state index in [4.69, 9.17) is 19.5 Å². The summed E-state index contributed by atoms with van der Waals surface area (Å²) in [5.41, 5.74) is 2.27. The number of halogens is 6. The van der Waals surface area contributed by atoms with E-state index in [0.29, 0.717) is 55.5 Å². The van der Waals surface area contributed by atoms with Gasteiger partial charge in [-0.3, -0.25) is 9.80 Å². The minimum atomic E-state index is -4.57. The molecule has 0 saturated heterocycles. The lowest BCUT2D eigenvalue weighted by molar-refractivity contribution is -0.139. The summed E-state index contributed by atoms with van der Waals surface area (Å²) in [5, 5.41) is 26.8. The van der Waals surface area contributed by atoms with Gasteiger partial charge in [-0.1, -0.05) is 85.6 Å². The van der Waals surface area contributed by atoms with Crippen LogP contribution in [0.15, 0.2) is 130 Å². The van der Waals surface area contributed by atoms with E-state index in [-0.39, 0.29) is 35.7 Å². The Hall–Kier alpha value is -6.62. The van der Waals surface area contributed by atoms with Gasteiger partial charge in [0.05, 0.1) is 58.8 Å². The van der Waals surface area contributed by atoms with Crippen molar-refractivity contribution < 1.29 is 45.4 Å². The molecule has 0 fully saturated rings. The molecule has 2 aliphatic heterocycles. The van der Waals surface area contributed by atoms with Crippen molar-refractivity contribution in [2.24, 2.45) is 9.98 Å². The number of nitriles is 2. The number of nitrogens with zero attached hydrogens (tertiary/aromatic N) is 7. The maximum Gasteiger partial charge on any atom is 0.416 e. The van der Waals surface area contributed by atoms with Gasteiger partial charge in [0.2, 0.25) is 0 Å². The monoisotopic (exact) mass is 1170 g/mol. The van der Waals surface area contributed by atoms with Crippen LogP contribution in [0.1, 0.15) is 125 Å². The largest absolute Gasteiger partial charge is 0.463 e.